The molecule has 1 atom stereocenters. The highest BCUT2D eigenvalue weighted by atomic mass is 32.2. The Balaban J connectivity index is 2.15. The Morgan fingerprint density at radius 3 is 2.48 bits per heavy atom. The summed E-state index contributed by atoms with van der Waals surface area (Å²) >= 11 is 0. The van der Waals surface area contributed by atoms with E-state index in [2.05, 4.69) is 16.7 Å². The number of aryl methyl sites for hydroxylation is 2. The first-order valence-electron chi connectivity index (χ1n) is 7.38. The smallest absolute Gasteiger partial charge is 0.241 e. The zero-order chi connectivity index (χ0) is 15.6. The molecular formula is C15H25N3O2S. The maximum Gasteiger partial charge on any atom is 0.241 e. The third kappa shape index (κ3) is 3.75. The van der Waals surface area contributed by atoms with Crippen LogP contribution in [0.25, 0.3) is 0 Å². The minimum Gasteiger partial charge on any atom is -0.399 e. The number of likely N-dealkylation sites (N-methyl/N-ethyl adjacent to an activating group) is 1. The molecule has 21 heavy (non-hydrogen) atoms. The molecule has 1 aromatic rings. The molecule has 1 aliphatic rings. The Hall–Kier alpha value is -1.11. The average molecular weight is 311 g/mol. The van der Waals surface area contributed by atoms with Gasteiger partial charge >= 0.3 is 0 Å². The van der Waals surface area contributed by atoms with E-state index in [0.29, 0.717) is 28.3 Å². The summed E-state index contributed by atoms with van der Waals surface area (Å²) in [7, 11) is -1.44. The van der Waals surface area contributed by atoms with Crippen molar-refractivity contribution in [3.63, 3.8) is 0 Å². The van der Waals surface area contributed by atoms with Gasteiger partial charge in [0.2, 0.25) is 10.0 Å². The van der Waals surface area contributed by atoms with E-state index >= 15 is 0 Å². The van der Waals surface area contributed by atoms with Gasteiger partial charge in [0.1, 0.15) is 0 Å². The van der Waals surface area contributed by atoms with Crippen molar-refractivity contribution in [3.8, 4) is 0 Å². The topological polar surface area (TPSA) is 75.4 Å². The Morgan fingerprint density at radius 2 is 1.90 bits per heavy atom. The lowest BCUT2D eigenvalue weighted by atomic mass is 10.0. The van der Waals surface area contributed by atoms with E-state index in [1.807, 2.05) is 0 Å². The first-order chi connectivity index (χ1) is 9.81. The molecule has 0 spiro atoms. The van der Waals surface area contributed by atoms with Gasteiger partial charge in [-0.3, -0.25) is 0 Å². The van der Waals surface area contributed by atoms with Crippen molar-refractivity contribution >= 4 is 15.7 Å². The van der Waals surface area contributed by atoms with Crippen molar-refractivity contribution in [2.45, 2.75) is 44.0 Å². The molecule has 0 saturated carbocycles. The number of nitrogens with one attached hydrogen (secondary N) is 1. The highest BCUT2D eigenvalue weighted by molar-refractivity contribution is 7.89. The summed E-state index contributed by atoms with van der Waals surface area (Å²) in [4.78, 5) is 2.59. The predicted octanol–water partition coefficient (Wildman–Crippen LogP) is 1.65. The van der Waals surface area contributed by atoms with Crippen molar-refractivity contribution in [1.82, 2.24) is 9.62 Å². The van der Waals surface area contributed by atoms with Gasteiger partial charge in [0.15, 0.2) is 0 Å². The molecule has 118 valence electrons. The molecular weight excluding hydrogens is 286 g/mol. The van der Waals surface area contributed by atoms with Crippen molar-refractivity contribution in [2.75, 3.05) is 25.9 Å². The van der Waals surface area contributed by atoms with Crippen LogP contribution in [0.1, 0.15) is 30.4 Å². The molecule has 0 amide bonds. The first-order valence-corrected chi connectivity index (χ1v) is 8.86. The SMILES string of the molecule is Cc1cc(N)cc(C)c1S(=O)(=O)NCC1CCCCN1C. The van der Waals surface area contributed by atoms with Crippen LogP contribution >= 0.6 is 0 Å². The molecule has 0 radical (unpaired) electrons. The van der Waals surface area contributed by atoms with E-state index in [4.69, 9.17) is 5.73 Å². The monoisotopic (exact) mass is 311 g/mol. The fraction of sp³-hybridized carbons (Fsp3) is 0.600. The van der Waals surface area contributed by atoms with Gasteiger partial charge in [0, 0.05) is 18.3 Å². The maximum atomic E-state index is 12.6. The molecule has 1 aliphatic heterocycles. The largest absolute Gasteiger partial charge is 0.399 e. The maximum absolute atomic E-state index is 12.6. The third-order valence-corrected chi connectivity index (χ3v) is 5.91. The molecule has 1 aromatic carbocycles. The molecule has 0 bridgehead atoms. The van der Waals surface area contributed by atoms with Gasteiger partial charge in [-0.1, -0.05) is 6.42 Å². The van der Waals surface area contributed by atoms with Gasteiger partial charge in [-0.05, 0) is 63.5 Å². The molecule has 5 nitrogen and oxygen atoms in total. The minimum atomic E-state index is -3.49. The number of nitrogens with two attached hydrogens (primary N) is 1. The van der Waals surface area contributed by atoms with Crippen LogP contribution in [0, 0.1) is 13.8 Å². The fourth-order valence-electron chi connectivity index (χ4n) is 3.09. The summed E-state index contributed by atoms with van der Waals surface area (Å²) in [6, 6.07) is 3.69. The van der Waals surface area contributed by atoms with E-state index < -0.39 is 10.0 Å². The van der Waals surface area contributed by atoms with Crippen LogP contribution in [0.15, 0.2) is 17.0 Å². The first kappa shape index (κ1) is 16.3. The number of hydrogen-bond donors (Lipinski definition) is 2. The highest BCUT2D eigenvalue weighted by Crippen LogP contribution is 2.23. The summed E-state index contributed by atoms with van der Waals surface area (Å²) in [5, 5.41) is 0. The number of rotatable bonds is 4. The summed E-state index contributed by atoms with van der Waals surface area (Å²) < 4.78 is 27.9. The van der Waals surface area contributed by atoms with Gasteiger partial charge < -0.3 is 10.6 Å². The van der Waals surface area contributed by atoms with Crippen LogP contribution in [-0.2, 0) is 10.0 Å². The quantitative estimate of drug-likeness (QED) is 0.829. The van der Waals surface area contributed by atoms with Crippen LogP contribution < -0.4 is 10.5 Å². The summed E-state index contributed by atoms with van der Waals surface area (Å²) in [6.07, 6.45) is 3.39. The van der Waals surface area contributed by atoms with Gasteiger partial charge in [-0.2, -0.15) is 0 Å². The van der Waals surface area contributed by atoms with Gasteiger partial charge in [0.05, 0.1) is 4.90 Å². The number of sulfonamides is 1. The number of anilines is 1. The number of nitrogens with zero attached hydrogens (tertiary/aromatic N) is 1. The van der Waals surface area contributed by atoms with E-state index in [9.17, 15) is 8.42 Å². The number of hydrogen-bond acceptors (Lipinski definition) is 4. The Labute approximate surface area is 127 Å². The average Bonchev–Trinajstić information content (AvgIpc) is 2.36. The fourth-order valence-corrected chi connectivity index (χ4v) is 4.61. The molecule has 1 saturated heterocycles. The second kappa shape index (κ2) is 6.34. The van der Waals surface area contributed by atoms with Crippen molar-refractivity contribution < 1.29 is 8.42 Å². The number of piperidine rings is 1. The summed E-state index contributed by atoms with van der Waals surface area (Å²) in [5.74, 6) is 0. The van der Waals surface area contributed by atoms with Gasteiger partial charge in [0.25, 0.3) is 0 Å². The second-order valence-corrected chi connectivity index (χ2v) is 7.67. The predicted molar refractivity (Wildman–Crippen MR) is 85.8 cm³/mol. The Morgan fingerprint density at radius 1 is 1.29 bits per heavy atom. The summed E-state index contributed by atoms with van der Waals surface area (Å²) in [6.45, 7) is 5.06. The lowest BCUT2D eigenvalue weighted by molar-refractivity contribution is 0.187. The Bertz CT molecular complexity index is 590. The van der Waals surface area contributed by atoms with E-state index in [0.717, 1.165) is 19.4 Å². The normalized spacial score (nSPS) is 20.6. The van der Waals surface area contributed by atoms with Gasteiger partial charge in [-0.25, -0.2) is 13.1 Å². The molecule has 2 rings (SSSR count). The summed E-state index contributed by atoms with van der Waals surface area (Å²) in [5.41, 5.74) is 7.74. The van der Waals surface area contributed by atoms with Crippen LogP contribution in [0.5, 0.6) is 0 Å². The third-order valence-electron chi connectivity index (χ3n) is 4.18. The highest BCUT2D eigenvalue weighted by Gasteiger charge is 2.24. The number of likely N-dealkylation sites (tertiary alicyclic amines) is 1. The molecule has 1 heterocycles. The molecule has 1 unspecified atom stereocenters. The van der Waals surface area contributed by atoms with Crippen LogP contribution in [-0.4, -0.2) is 39.5 Å². The minimum absolute atomic E-state index is 0.280. The zero-order valence-corrected chi connectivity index (χ0v) is 13.8. The van der Waals surface area contributed by atoms with E-state index in [1.165, 1.54) is 6.42 Å². The lowest BCUT2D eigenvalue weighted by Crippen LogP contribution is -2.44. The van der Waals surface area contributed by atoms with Crippen molar-refractivity contribution in [1.29, 1.82) is 0 Å². The van der Waals surface area contributed by atoms with Crippen LogP contribution in [0.2, 0.25) is 0 Å². The Kier molecular flexibility index (Phi) is 4.91. The zero-order valence-electron chi connectivity index (χ0n) is 13.0. The molecule has 0 aromatic heterocycles. The number of nitrogen functional groups attached to an aromatic ring is 1. The van der Waals surface area contributed by atoms with E-state index in [1.54, 1.807) is 26.0 Å². The second-order valence-electron chi connectivity index (χ2n) is 5.97. The van der Waals surface area contributed by atoms with Gasteiger partial charge in [-0.15, -0.1) is 0 Å². The van der Waals surface area contributed by atoms with Crippen LogP contribution in [0.3, 0.4) is 0 Å². The van der Waals surface area contributed by atoms with Crippen molar-refractivity contribution in [3.05, 3.63) is 23.3 Å². The number of benzene rings is 1. The lowest BCUT2D eigenvalue weighted by Gasteiger charge is -2.32. The molecule has 0 aliphatic carbocycles. The molecule has 1 fully saturated rings. The van der Waals surface area contributed by atoms with E-state index in [-0.39, 0.29) is 6.04 Å². The van der Waals surface area contributed by atoms with Crippen LogP contribution in [0.4, 0.5) is 5.69 Å². The van der Waals surface area contributed by atoms with Crippen molar-refractivity contribution in [2.24, 2.45) is 0 Å². The molecule has 3 N–H and O–H groups in total. The standard InChI is InChI=1S/C15H25N3O2S/c1-11-8-13(16)9-12(2)15(11)21(19,20)17-10-14-6-4-5-7-18(14)3/h8-9,14,17H,4-7,10,16H2,1-3H3. The molecule has 6 heteroatoms.